The maximum absolute atomic E-state index is 5.56. The predicted molar refractivity (Wildman–Crippen MR) is 83.4 cm³/mol. The minimum Gasteiger partial charge on any atom is -0.496 e. The van der Waals surface area contributed by atoms with Crippen molar-refractivity contribution in [2.75, 3.05) is 13.7 Å². The fourth-order valence-corrected chi connectivity index (χ4v) is 2.80. The molecule has 1 aromatic heterocycles. The highest BCUT2D eigenvalue weighted by atomic mass is 32.1. The van der Waals surface area contributed by atoms with Crippen molar-refractivity contribution in [3.8, 4) is 16.3 Å². The van der Waals surface area contributed by atoms with Crippen molar-refractivity contribution in [1.29, 1.82) is 0 Å². The second-order valence-electron chi connectivity index (χ2n) is 5.70. The third kappa shape index (κ3) is 3.16. The average molecular weight is 291 g/mol. The maximum Gasteiger partial charge on any atom is 0.151 e. The van der Waals surface area contributed by atoms with E-state index >= 15 is 0 Å². The van der Waals surface area contributed by atoms with Crippen LogP contribution in [-0.4, -0.2) is 23.9 Å². The van der Waals surface area contributed by atoms with Gasteiger partial charge in [-0.25, -0.2) is 0 Å². The summed E-state index contributed by atoms with van der Waals surface area (Å²) in [6.07, 6.45) is 0.763. The Balaban J connectivity index is 2.46. The Morgan fingerprint density at radius 3 is 2.60 bits per heavy atom. The van der Waals surface area contributed by atoms with Gasteiger partial charge in [-0.2, -0.15) is 0 Å². The summed E-state index contributed by atoms with van der Waals surface area (Å²) in [6, 6.07) is 6.25. The fourth-order valence-electron chi connectivity index (χ4n) is 1.93. The van der Waals surface area contributed by atoms with Gasteiger partial charge >= 0.3 is 0 Å². The summed E-state index contributed by atoms with van der Waals surface area (Å²) in [6.45, 7) is 7.17. The monoisotopic (exact) mass is 291 g/mol. The van der Waals surface area contributed by atoms with Gasteiger partial charge in [0.05, 0.1) is 12.7 Å². The third-order valence-corrected chi connectivity index (χ3v) is 4.14. The van der Waals surface area contributed by atoms with Crippen molar-refractivity contribution in [2.24, 2.45) is 5.73 Å². The van der Waals surface area contributed by atoms with Crippen LogP contribution in [0.15, 0.2) is 18.2 Å². The van der Waals surface area contributed by atoms with E-state index in [2.05, 4.69) is 43.1 Å². The van der Waals surface area contributed by atoms with E-state index in [1.54, 1.807) is 18.4 Å². The van der Waals surface area contributed by atoms with Gasteiger partial charge in [0, 0.05) is 6.42 Å². The van der Waals surface area contributed by atoms with Crippen LogP contribution < -0.4 is 10.5 Å². The lowest BCUT2D eigenvalue weighted by molar-refractivity contribution is 0.416. The van der Waals surface area contributed by atoms with Crippen LogP contribution in [0.3, 0.4) is 0 Å². The van der Waals surface area contributed by atoms with E-state index in [0.29, 0.717) is 6.54 Å². The van der Waals surface area contributed by atoms with Crippen LogP contribution in [0.25, 0.3) is 10.6 Å². The zero-order chi connectivity index (χ0) is 14.8. The molecule has 0 atom stereocenters. The normalized spacial score (nSPS) is 11.7. The number of benzene rings is 1. The van der Waals surface area contributed by atoms with E-state index in [4.69, 9.17) is 10.5 Å². The number of nitrogens with zero attached hydrogens (tertiary/aromatic N) is 2. The largest absolute Gasteiger partial charge is 0.496 e. The molecule has 0 saturated carbocycles. The van der Waals surface area contributed by atoms with Crippen molar-refractivity contribution in [1.82, 2.24) is 10.2 Å². The summed E-state index contributed by atoms with van der Waals surface area (Å²) in [5, 5.41) is 10.3. The van der Waals surface area contributed by atoms with Gasteiger partial charge in [0.1, 0.15) is 10.8 Å². The van der Waals surface area contributed by atoms with E-state index in [1.165, 1.54) is 5.56 Å². The molecule has 0 aliphatic carbocycles. The molecule has 0 bridgehead atoms. The Morgan fingerprint density at radius 1 is 1.25 bits per heavy atom. The number of hydrogen-bond donors (Lipinski definition) is 1. The highest BCUT2D eigenvalue weighted by Crippen LogP contribution is 2.36. The Labute approximate surface area is 124 Å². The molecule has 0 aliphatic heterocycles. The molecule has 108 valence electrons. The lowest BCUT2D eigenvalue weighted by Gasteiger charge is -2.20. The number of methoxy groups -OCH3 is 1. The highest BCUT2D eigenvalue weighted by molar-refractivity contribution is 7.14. The van der Waals surface area contributed by atoms with E-state index in [-0.39, 0.29) is 5.41 Å². The first kappa shape index (κ1) is 14.9. The van der Waals surface area contributed by atoms with Crippen molar-refractivity contribution in [3.63, 3.8) is 0 Å². The summed E-state index contributed by atoms with van der Waals surface area (Å²) >= 11 is 1.58. The first-order valence-corrected chi connectivity index (χ1v) is 7.48. The minimum absolute atomic E-state index is 0.0891. The van der Waals surface area contributed by atoms with E-state index in [1.807, 2.05) is 6.07 Å². The van der Waals surface area contributed by atoms with E-state index < -0.39 is 0 Å². The van der Waals surface area contributed by atoms with Gasteiger partial charge in [-0.05, 0) is 29.7 Å². The van der Waals surface area contributed by atoms with Gasteiger partial charge in [-0.15, -0.1) is 10.2 Å². The SMILES string of the molecule is COc1ccc(C(C)(C)C)cc1-c1nnc(CCN)s1. The first-order chi connectivity index (χ1) is 9.45. The van der Waals surface area contributed by atoms with Crippen molar-refractivity contribution >= 4 is 11.3 Å². The quantitative estimate of drug-likeness (QED) is 0.940. The highest BCUT2D eigenvalue weighted by Gasteiger charge is 2.18. The Hall–Kier alpha value is -1.46. The molecule has 4 nitrogen and oxygen atoms in total. The molecule has 0 unspecified atom stereocenters. The average Bonchev–Trinajstić information content (AvgIpc) is 2.86. The summed E-state index contributed by atoms with van der Waals surface area (Å²) in [5.41, 5.74) is 7.90. The van der Waals surface area contributed by atoms with Crippen LogP contribution in [0.1, 0.15) is 31.3 Å². The second kappa shape index (κ2) is 5.89. The Kier molecular flexibility index (Phi) is 4.40. The number of rotatable bonds is 4. The third-order valence-electron chi connectivity index (χ3n) is 3.12. The van der Waals surface area contributed by atoms with E-state index in [0.717, 1.165) is 27.7 Å². The van der Waals surface area contributed by atoms with Gasteiger partial charge in [0.15, 0.2) is 5.01 Å². The number of nitrogens with two attached hydrogens (primary N) is 1. The predicted octanol–water partition coefficient (Wildman–Crippen LogP) is 3.01. The Bertz CT molecular complexity index is 587. The summed E-state index contributed by atoms with van der Waals surface area (Å²) < 4.78 is 5.45. The smallest absolute Gasteiger partial charge is 0.151 e. The van der Waals surface area contributed by atoms with Crippen LogP contribution in [0.2, 0.25) is 0 Å². The van der Waals surface area contributed by atoms with Crippen LogP contribution in [0.5, 0.6) is 5.75 Å². The molecular weight excluding hydrogens is 270 g/mol. The van der Waals surface area contributed by atoms with Crippen LogP contribution in [0.4, 0.5) is 0 Å². The van der Waals surface area contributed by atoms with Crippen molar-refractivity contribution < 1.29 is 4.74 Å². The summed E-state index contributed by atoms with van der Waals surface area (Å²) in [7, 11) is 1.68. The first-order valence-electron chi connectivity index (χ1n) is 6.67. The van der Waals surface area contributed by atoms with Crippen LogP contribution in [0, 0.1) is 0 Å². The van der Waals surface area contributed by atoms with Crippen LogP contribution >= 0.6 is 11.3 Å². The molecule has 2 rings (SSSR count). The molecule has 1 heterocycles. The molecule has 0 saturated heterocycles. The van der Waals surface area contributed by atoms with Crippen molar-refractivity contribution in [3.05, 3.63) is 28.8 Å². The van der Waals surface area contributed by atoms with Gasteiger partial charge in [0.2, 0.25) is 0 Å². The lowest BCUT2D eigenvalue weighted by Crippen LogP contribution is -2.11. The molecule has 0 aliphatic rings. The second-order valence-corrected chi connectivity index (χ2v) is 6.77. The summed E-state index contributed by atoms with van der Waals surface area (Å²) in [4.78, 5) is 0. The molecule has 0 radical (unpaired) electrons. The lowest BCUT2D eigenvalue weighted by atomic mass is 9.86. The van der Waals surface area contributed by atoms with Crippen molar-refractivity contribution in [2.45, 2.75) is 32.6 Å². The molecule has 2 N–H and O–H groups in total. The number of aromatic nitrogens is 2. The zero-order valence-electron chi connectivity index (χ0n) is 12.4. The number of ether oxygens (including phenoxy) is 1. The van der Waals surface area contributed by atoms with Gasteiger partial charge in [-0.1, -0.05) is 38.2 Å². The minimum atomic E-state index is 0.0891. The topological polar surface area (TPSA) is 61.0 Å². The molecular formula is C15H21N3OS. The van der Waals surface area contributed by atoms with Crippen LogP contribution in [-0.2, 0) is 11.8 Å². The Morgan fingerprint density at radius 2 is 2.00 bits per heavy atom. The molecule has 0 spiro atoms. The zero-order valence-corrected chi connectivity index (χ0v) is 13.3. The number of hydrogen-bond acceptors (Lipinski definition) is 5. The van der Waals surface area contributed by atoms with E-state index in [9.17, 15) is 0 Å². The molecule has 0 fully saturated rings. The van der Waals surface area contributed by atoms with Gasteiger partial charge < -0.3 is 10.5 Å². The molecule has 0 amide bonds. The fraction of sp³-hybridized carbons (Fsp3) is 0.467. The standard InChI is InChI=1S/C15H21N3OS/c1-15(2,3)10-5-6-12(19-4)11(9-10)14-18-17-13(20-14)7-8-16/h5-6,9H,7-8,16H2,1-4H3. The molecule has 5 heteroatoms. The maximum atomic E-state index is 5.56. The van der Waals surface area contributed by atoms with Gasteiger partial charge in [0.25, 0.3) is 0 Å². The molecule has 20 heavy (non-hydrogen) atoms. The van der Waals surface area contributed by atoms with Gasteiger partial charge in [-0.3, -0.25) is 0 Å². The molecule has 1 aromatic carbocycles. The summed E-state index contributed by atoms with van der Waals surface area (Å²) in [5.74, 6) is 0.827. The molecule has 2 aromatic rings.